The lowest BCUT2D eigenvalue weighted by Crippen LogP contribution is -2.21. The van der Waals surface area contributed by atoms with E-state index < -0.39 is 10.1 Å². The van der Waals surface area contributed by atoms with Gasteiger partial charge in [-0.2, -0.15) is 18.6 Å². The Bertz CT molecular complexity index is 190. The first-order valence-corrected chi connectivity index (χ1v) is 4.90. The fourth-order valence-corrected chi connectivity index (χ4v) is 1.70. The fourth-order valence-electron chi connectivity index (χ4n) is 0.756. The number of hydrogen-bond acceptors (Lipinski definition) is 5. The molecule has 4 N–H and O–H groups in total. The van der Waals surface area contributed by atoms with Gasteiger partial charge in [0.15, 0.2) is 0 Å². The third-order valence-electron chi connectivity index (χ3n) is 1.29. The number of hydrogen-bond donors (Lipinski definition) is 2. The molecule has 0 aromatic rings. The van der Waals surface area contributed by atoms with Crippen LogP contribution in [0.15, 0.2) is 0 Å². The summed E-state index contributed by atoms with van der Waals surface area (Å²) in [5, 5.41) is 0. The van der Waals surface area contributed by atoms with Crippen LogP contribution in [-0.4, -0.2) is 20.7 Å². The Morgan fingerprint density at radius 2 is 2.09 bits per heavy atom. The molecule has 0 amide bonds. The zero-order valence-corrected chi connectivity index (χ0v) is 7.30. The van der Waals surface area contributed by atoms with Crippen LogP contribution in [0.5, 0.6) is 0 Å². The van der Waals surface area contributed by atoms with Gasteiger partial charge in [-0.25, -0.2) is 0 Å². The Kier molecular flexibility index (Phi) is 4.58. The van der Waals surface area contributed by atoms with Crippen molar-refractivity contribution in [2.75, 3.05) is 12.3 Å². The summed E-state index contributed by atoms with van der Waals surface area (Å²) in [5.41, 5.74) is 5.22. The molecule has 68 valence electrons. The number of nitrogens with two attached hydrogens (primary N) is 2. The summed E-state index contributed by atoms with van der Waals surface area (Å²) in [6, 6.07) is 0. The summed E-state index contributed by atoms with van der Waals surface area (Å²) >= 11 is 0. The lowest BCUT2D eigenvalue weighted by molar-refractivity contribution is 0.328. The lowest BCUT2D eigenvalue weighted by atomic mass is 10.1. The topological polar surface area (TPSA) is 95.4 Å². The normalized spacial score (nSPS) is 14.8. The first-order valence-electron chi connectivity index (χ1n) is 3.33. The Hall–Kier alpha value is -0.170. The van der Waals surface area contributed by atoms with Crippen molar-refractivity contribution in [1.82, 2.24) is 0 Å². The van der Waals surface area contributed by atoms with Crippen molar-refractivity contribution >= 4 is 10.1 Å². The molecule has 11 heavy (non-hydrogen) atoms. The molecule has 5 nitrogen and oxygen atoms in total. The van der Waals surface area contributed by atoms with Gasteiger partial charge >= 0.3 is 0 Å². The first-order chi connectivity index (χ1) is 5.02. The van der Waals surface area contributed by atoms with Crippen LogP contribution in [0.4, 0.5) is 0 Å². The molecule has 0 heterocycles. The van der Waals surface area contributed by atoms with Crippen molar-refractivity contribution < 1.29 is 12.7 Å². The van der Waals surface area contributed by atoms with Crippen molar-refractivity contribution in [1.29, 1.82) is 0 Å². The van der Waals surface area contributed by atoms with E-state index in [1.807, 2.05) is 0 Å². The van der Waals surface area contributed by atoms with Gasteiger partial charge < -0.3 is 5.73 Å². The summed E-state index contributed by atoms with van der Waals surface area (Å²) in [6.07, 6.45) is 0.655. The third kappa shape index (κ3) is 5.14. The van der Waals surface area contributed by atoms with E-state index >= 15 is 0 Å². The van der Waals surface area contributed by atoms with Crippen LogP contribution in [-0.2, 0) is 14.4 Å². The highest BCUT2D eigenvalue weighted by atomic mass is 32.2. The molecule has 0 saturated heterocycles. The smallest absolute Gasteiger partial charge is 0.283 e. The SMILES string of the molecule is CC(CCN)CS(=O)(=O)ON. The van der Waals surface area contributed by atoms with Gasteiger partial charge in [0.1, 0.15) is 0 Å². The summed E-state index contributed by atoms with van der Waals surface area (Å²) in [5.74, 6) is 4.46. The molecule has 0 saturated carbocycles. The van der Waals surface area contributed by atoms with Crippen molar-refractivity contribution in [3.63, 3.8) is 0 Å². The van der Waals surface area contributed by atoms with E-state index in [1.54, 1.807) is 6.92 Å². The van der Waals surface area contributed by atoms with Gasteiger partial charge in [0.05, 0.1) is 5.75 Å². The summed E-state index contributed by atoms with van der Waals surface area (Å²) in [7, 11) is -3.52. The van der Waals surface area contributed by atoms with Gasteiger partial charge in [0, 0.05) is 0 Å². The Labute approximate surface area is 66.8 Å². The van der Waals surface area contributed by atoms with E-state index in [4.69, 9.17) is 5.73 Å². The minimum absolute atomic E-state index is 0.00597. The van der Waals surface area contributed by atoms with Crippen molar-refractivity contribution in [2.45, 2.75) is 13.3 Å². The monoisotopic (exact) mass is 182 g/mol. The molecular formula is C5H14N2O3S. The summed E-state index contributed by atoms with van der Waals surface area (Å²) in [4.78, 5) is 0. The summed E-state index contributed by atoms with van der Waals surface area (Å²) < 4.78 is 25.2. The molecule has 0 spiro atoms. The maximum atomic E-state index is 10.7. The second-order valence-electron chi connectivity index (χ2n) is 2.50. The van der Waals surface area contributed by atoms with Gasteiger partial charge in [-0.3, -0.25) is 0 Å². The highest BCUT2D eigenvalue weighted by molar-refractivity contribution is 7.86. The van der Waals surface area contributed by atoms with Crippen LogP contribution in [0, 0.1) is 5.92 Å². The minimum atomic E-state index is -3.52. The molecule has 0 bridgehead atoms. The molecule has 1 unspecified atom stereocenters. The molecule has 0 fully saturated rings. The first kappa shape index (κ1) is 10.8. The van der Waals surface area contributed by atoms with E-state index in [2.05, 4.69) is 10.2 Å². The summed E-state index contributed by atoms with van der Waals surface area (Å²) in [6.45, 7) is 2.25. The van der Waals surface area contributed by atoms with Crippen LogP contribution >= 0.6 is 0 Å². The van der Waals surface area contributed by atoms with Gasteiger partial charge in [0.25, 0.3) is 10.1 Å². The molecule has 0 aliphatic heterocycles. The average molecular weight is 182 g/mol. The zero-order chi connectivity index (χ0) is 8.91. The van der Waals surface area contributed by atoms with Crippen molar-refractivity contribution in [3.05, 3.63) is 0 Å². The highest BCUT2D eigenvalue weighted by Crippen LogP contribution is 2.04. The second kappa shape index (κ2) is 4.66. The fraction of sp³-hybridized carbons (Fsp3) is 1.00. The van der Waals surface area contributed by atoms with E-state index in [0.717, 1.165) is 0 Å². The lowest BCUT2D eigenvalue weighted by Gasteiger charge is -2.07. The second-order valence-corrected chi connectivity index (χ2v) is 4.14. The molecule has 0 aliphatic carbocycles. The molecule has 1 atom stereocenters. The molecule has 0 rings (SSSR count). The van der Waals surface area contributed by atoms with E-state index in [0.29, 0.717) is 13.0 Å². The maximum Gasteiger partial charge on any atom is 0.283 e. The van der Waals surface area contributed by atoms with Crippen LogP contribution in [0.25, 0.3) is 0 Å². The maximum absolute atomic E-state index is 10.7. The van der Waals surface area contributed by atoms with Crippen LogP contribution in [0.2, 0.25) is 0 Å². The number of rotatable bonds is 5. The van der Waals surface area contributed by atoms with E-state index in [-0.39, 0.29) is 11.7 Å². The predicted octanol–water partition coefficient (Wildman–Crippen LogP) is -0.809. The molecule has 0 aromatic carbocycles. The Balaban J connectivity index is 3.84. The van der Waals surface area contributed by atoms with Gasteiger partial charge in [-0.1, -0.05) is 6.92 Å². The quantitative estimate of drug-likeness (QED) is 0.542. The Morgan fingerprint density at radius 3 is 2.45 bits per heavy atom. The minimum Gasteiger partial charge on any atom is -0.330 e. The van der Waals surface area contributed by atoms with E-state index in [1.165, 1.54) is 0 Å². The molecular weight excluding hydrogens is 168 g/mol. The standard InChI is InChI=1S/C5H14N2O3S/c1-5(2-3-6)4-11(8,9)10-7/h5H,2-4,6-7H2,1H3. The molecule has 0 aliphatic rings. The largest absolute Gasteiger partial charge is 0.330 e. The van der Waals surface area contributed by atoms with Gasteiger partial charge in [0.2, 0.25) is 0 Å². The van der Waals surface area contributed by atoms with Crippen LogP contribution < -0.4 is 11.6 Å². The Morgan fingerprint density at radius 1 is 1.55 bits per heavy atom. The molecule has 0 aromatic heterocycles. The third-order valence-corrected chi connectivity index (χ3v) is 2.57. The highest BCUT2D eigenvalue weighted by Gasteiger charge is 2.14. The predicted molar refractivity (Wildman–Crippen MR) is 41.9 cm³/mol. The molecule has 0 radical (unpaired) electrons. The molecule has 6 heteroatoms. The van der Waals surface area contributed by atoms with Crippen molar-refractivity contribution in [2.24, 2.45) is 17.5 Å². The van der Waals surface area contributed by atoms with Gasteiger partial charge in [-0.15, -0.1) is 0 Å². The average Bonchev–Trinajstić information content (AvgIpc) is 1.87. The van der Waals surface area contributed by atoms with E-state index in [9.17, 15) is 8.42 Å². The van der Waals surface area contributed by atoms with Crippen LogP contribution in [0.3, 0.4) is 0 Å². The van der Waals surface area contributed by atoms with Crippen LogP contribution in [0.1, 0.15) is 13.3 Å². The van der Waals surface area contributed by atoms with Crippen molar-refractivity contribution in [3.8, 4) is 0 Å². The zero-order valence-electron chi connectivity index (χ0n) is 6.49. The van der Waals surface area contributed by atoms with Gasteiger partial charge in [-0.05, 0) is 18.9 Å².